The minimum absolute atomic E-state index is 0.406. The Labute approximate surface area is 104 Å². The molecule has 0 saturated carbocycles. The third-order valence-corrected chi connectivity index (χ3v) is 2.25. The van der Waals surface area contributed by atoms with Crippen molar-refractivity contribution in [3.63, 3.8) is 0 Å². The Morgan fingerprint density at radius 3 is 2.65 bits per heavy atom. The van der Waals surface area contributed by atoms with Gasteiger partial charge < -0.3 is 4.90 Å². The van der Waals surface area contributed by atoms with Crippen molar-refractivity contribution in [2.75, 3.05) is 14.1 Å². The Morgan fingerprint density at radius 2 is 2.00 bits per heavy atom. The van der Waals surface area contributed by atoms with Gasteiger partial charge in [-0.2, -0.15) is 4.98 Å². The van der Waals surface area contributed by atoms with Crippen molar-refractivity contribution in [3.8, 4) is 11.4 Å². The molecule has 5 nitrogen and oxygen atoms in total. The lowest BCUT2D eigenvalue weighted by molar-refractivity contribution is 0.642. The molecule has 0 bridgehead atoms. The van der Waals surface area contributed by atoms with Crippen molar-refractivity contribution in [2.45, 2.75) is 0 Å². The zero-order valence-electron chi connectivity index (χ0n) is 9.55. The Bertz CT molecular complexity index is 515. The number of hydrogen-bond acceptors (Lipinski definition) is 3. The van der Waals surface area contributed by atoms with E-state index in [-0.39, 0.29) is 0 Å². The van der Waals surface area contributed by atoms with E-state index in [0.29, 0.717) is 16.8 Å². The molecule has 2 aromatic rings. The van der Waals surface area contributed by atoms with Crippen molar-refractivity contribution in [1.82, 2.24) is 20.1 Å². The molecule has 2 rings (SSSR count). The van der Waals surface area contributed by atoms with Crippen LogP contribution in [0.1, 0.15) is 0 Å². The lowest BCUT2D eigenvalue weighted by atomic mass is 10.2. The lowest BCUT2D eigenvalue weighted by Crippen LogP contribution is -2.07. The van der Waals surface area contributed by atoms with E-state index in [1.165, 1.54) is 0 Å². The summed E-state index contributed by atoms with van der Waals surface area (Å²) in [6.07, 6.45) is 1.65. The lowest BCUT2D eigenvalue weighted by Gasteiger charge is -1.99. The first-order chi connectivity index (χ1) is 8.15. The van der Waals surface area contributed by atoms with Gasteiger partial charge in [-0.05, 0) is 24.3 Å². The number of rotatable bonds is 3. The van der Waals surface area contributed by atoms with Gasteiger partial charge >= 0.3 is 0 Å². The predicted molar refractivity (Wildman–Crippen MR) is 68.7 cm³/mol. The molecule has 0 aliphatic carbocycles. The van der Waals surface area contributed by atoms with Gasteiger partial charge in [-0.15, -0.1) is 5.10 Å². The number of benzene rings is 1. The molecule has 0 aliphatic heterocycles. The number of H-pyrrole nitrogens is 1. The largest absolute Gasteiger partial charge is 0.369 e. The fourth-order valence-electron chi connectivity index (χ4n) is 1.21. The maximum atomic E-state index is 5.81. The van der Waals surface area contributed by atoms with Crippen LogP contribution in [-0.4, -0.2) is 40.5 Å². The van der Waals surface area contributed by atoms with Gasteiger partial charge in [-0.3, -0.25) is 5.10 Å². The highest BCUT2D eigenvalue weighted by Crippen LogP contribution is 2.19. The number of hydrogen-bond donors (Lipinski definition) is 1. The predicted octanol–water partition coefficient (Wildman–Crippen LogP) is 2.35. The van der Waals surface area contributed by atoms with E-state index in [9.17, 15) is 0 Å². The zero-order chi connectivity index (χ0) is 12.3. The quantitative estimate of drug-likeness (QED) is 0.671. The molecule has 1 heterocycles. The molecule has 0 aliphatic rings. The van der Waals surface area contributed by atoms with Gasteiger partial charge in [0.25, 0.3) is 5.95 Å². The summed E-state index contributed by atoms with van der Waals surface area (Å²) in [6, 6.07) is 7.37. The van der Waals surface area contributed by atoms with E-state index in [4.69, 9.17) is 11.6 Å². The molecule has 1 aromatic carbocycles. The fourth-order valence-corrected chi connectivity index (χ4v) is 1.34. The van der Waals surface area contributed by atoms with Gasteiger partial charge in [0, 0.05) is 24.7 Å². The van der Waals surface area contributed by atoms with Crippen molar-refractivity contribution >= 4 is 23.9 Å². The van der Waals surface area contributed by atoms with E-state index in [2.05, 4.69) is 20.2 Å². The molecule has 0 unspecified atom stereocenters. The summed E-state index contributed by atoms with van der Waals surface area (Å²) in [7, 11) is 3.77. The molecule has 0 spiro atoms. The number of nitrogens with one attached hydrogen (secondary N) is 1. The summed E-state index contributed by atoms with van der Waals surface area (Å²) in [5.41, 5.74) is 0.924. The van der Waals surface area contributed by atoms with Crippen LogP contribution in [0.15, 0.2) is 29.3 Å². The standard InChI is InChI=1S/C11H12ClN5/c1-17(2)7-13-11-14-10(15-16-11)8-3-5-9(12)6-4-8/h3-7H,1-2H3,(H,14,15,16). The molecule has 1 N–H and O–H groups in total. The van der Waals surface area contributed by atoms with Gasteiger partial charge in [0.05, 0.1) is 6.34 Å². The second kappa shape index (κ2) is 4.97. The normalized spacial score (nSPS) is 11.0. The Balaban J connectivity index is 2.21. The number of aromatic amines is 1. The van der Waals surface area contributed by atoms with Gasteiger partial charge in [-0.25, -0.2) is 4.99 Å². The summed E-state index contributed by atoms with van der Waals surface area (Å²) in [6.45, 7) is 0. The first-order valence-corrected chi connectivity index (χ1v) is 5.42. The Morgan fingerprint density at radius 1 is 1.29 bits per heavy atom. The maximum Gasteiger partial charge on any atom is 0.269 e. The van der Waals surface area contributed by atoms with Crippen LogP contribution >= 0.6 is 11.6 Å². The second-order valence-corrected chi connectivity index (χ2v) is 4.14. The smallest absolute Gasteiger partial charge is 0.269 e. The molecule has 0 fully saturated rings. The fraction of sp³-hybridized carbons (Fsp3) is 0.182. The van der Waals surface area contributed by atoms with Crippen LogP contribution in [0.5, 0.6) is 0 Å². The zero-order valence-corrected chi connectivity index (χ0v) is 10.3. The maximum absolute atomic E-state index is 5.81. The highest BCUT2D eigenvalue weighted by molar-refractivity contribution is 6.30. The van der Waals surface area contributed by atoms with Crippen LogP contribution in [0.4, 0.5) is 5.95 Å². The van der Waals surface area contributed by atoms with E-state index >= 15 is 0 Å². The van der Waals surface area contributed by atoms with Crippen LogP contribution in [0.2, 0.25) is 5.02 Å². The summed E-state index contributed by atoms with van der Waals surface area (Å²) < 4.78 is 0. The molecule has 17 heavy (non-hydrogen) atoms. The van der Waals surface area contributed by atoms with Crippen LogP contribution < -0.4 is 0 Å². The first-order valence-electron chi connectivity index (χ1n) is 5.04. The number of nitrogens with zero attached hydrogens (tertiary/aromatic N) is 4. The molecule has 1 aromatic heterocycles. The third-order valence-electron chi connectivity index (χ3n) is 2.00. The van der Waals surface area contributed by atoms with Gasteiger partial charge in [-0.1, -0.05) is 11.6 Å². The highest BCUT2D eigenvalue weighted by Gasteiger charge is 2.03. The Hall–Kier alpha value is -1.88. The van der Waals surface area contributed by atoms with E-state index < -0.39 is 0 Å². The summed E-state index contributed by atoms with van der Waals surface area (Å²) >= 11 is 5.81. The van der Waals surface area contributed by atoms with Crippen molar-refractivity contribution in [2.24, 2.45) is 4.99 Å². The number of halogens is 1. The van der Waals surface area contributed by atoms with Crippen molar-refractivity contribution in [1.29, 1.82) is 0 Å². The van der Waals surface area contributed by atoms with Gasteiger partial charge in [0.1, 0.15) is 0 Å². The summed E-state index contributed by atoms with van der Waals surface area (Å²) in [5, 5.41) is 7.52. The molecular weight excluding hydrogens is 238 g/mol. The van der Waals surface area contributed by atoms with Crippen LogP contribution in [0.25, 0.3) is 11.4 Å². The average Bonchev–Trinajstić information content (AvgIpc) is 2.76. The number of aromatic nitrogens is 3. The second-order valence-electron chi connectivity index (χ2n) is 3.70. The van der Waals surface area contributed by atoms with E-state index in [1.807, 2.05) is 43.3 Å². The van der Waals surface area contributed by atoms with Gasteiger partial charge in [0.15, 0.2) is 5.82 Å². The monoisotopic (exact) mass is 249 g/mol. The molecule has 0 saturated heterocycles. The molecule has 0 atom stereocenters. The van der Waals surface area contributed by atoms with E-state index in [0.717, 1.165) is 5.56 Å². The topological polar surface area (TPSA) is 57.2 Å². The average molecular weight is 250 g/mol. The van der Waals surface area contributed by atoms with Crippen LogP contribution in [0, 0.1) is 0 Å². The summed E-state index contributed by atoms with van der Waals surface area (Å²) in [4.78, 5) is 10.2. The molecule has 0 amide bonds. The minimum Gasteiger partial charge on any atom is -0.369 e. The molecular formula is C11H12ClN5. The SMILES string of the molecule is CN(C)C=Nc1n[nH]c(-c2ccc(Cl)cc2)n1. The molecule has 0 radical (unpaired) electrons. The third kappa shape index (κ3) is 3.04. The van der Waals surface area contributed by atoms with Crippen LogP contribution in [-0.2, 0) is 0 Å². The molecule has 6 heteroatoms. The van der Waals surface area contributed by atoms with E-state index in [1.54, 1.807) is 6.34 Å². The van der Waals surface area contributed by atoms with Gasteiger partial charge in [0.2, 0.25) is 0 Å². The van der Waals surface area contributed by atoms with Crippen molar-refractivity contribution in [3.05, 3.63) is 29.3 Å². The highest BCUT2D eigenvalue weighted by atomic mass is 35.5. The minimum atomic E-state index is 0.406. The van der Waals surface area contributed by atoms with Crippen molar-refractivity contribution < 1.29 is 0 Å². The number of aliphatic imine (C=N–C) groups is 1. The molecule has 88 valence electrons. The first kappa shape index (κ1) is 11.6. The van der Waals surface area contributed by atoms with Crippen LogP contribution in [0.3, 0.4) is 0 Å². The Kier molecular flexibility index (Phi) is 3.39. The summed E-state index contributed by atoms with van der Waals surface area (Å²) in [5.74, 6) is 1.08.